The van der Waals surface area contributed by atoms with Crippen LogP contribution in [0.5, 0.6) is 0 Å². The van der Waals surface area contributed by atoms with Crippen LogP contribution in [0.15, 0.2) is 18.3 Å². The van der Waals surface area contributed by atoms with Gasteiger partial charge in [-0.25, -0.2) is 8.78 Å². The highest BCUT2D eigenvalue weighted by Gasteiger charge is 2.46. The number of carbonyl (C=O) groups excluding carboxylic acids is 1. The summed E-state index contributed by atoms with van der Waals surface area (Å²) in [6.45, 7) is -1.10. The third-order valence-electron chi connectivity index (χ3n) is 3.13. The number of hydrogen-bond donors (Lipinski definition) is 1. The van der Waals surface area contributed by atoms with Crippen LogP contribution in [0.1, 0.15) is 12.1 Å². The van der Waals surface area contributed by atoms with E-state index >= 15 is 0 Å². The zero-order valence-electron chi connectivity index (χ0n) is 10.5. The van der Waals surface area contributed by atoms with Gasteiger partial charge in [0, 0.05) is 25.7 Å². The summed E-state index contributed by atoms with van der Waals surface area (Å²) in [5.41, 5.74) is 0.694. The van der Waals surface area contributed by atoms with E-state index in [0.717, 1.165) is 4.90 Å². The molecule has 1 aliphatic rings. The zero-order chi connectivity index (χ0) is 14.0. The number of halogens is 2. The molecule has 7 heteroatoms. The van der Waals surface area contributed by atoms with E-state index in [9.17, 15) is 13.6 Å². The molecule has 1 aromatic rings. The highest BCUT2D eigenvalue weighted by atomic mass is 19.3. The Morgan fingerprint density at radius 2 is 2.42 bits per heavy atom. The van der Waals surface area contributed by atoms with E-state index in [4.69, 9.17) is 5.11 Å². The van der Waals surface area contributed by atoms with Gasteiger partial charge in [0.2, 0.25) is 5.91 Å². The van der Waals surface area contributed by atoms with E-state index in [2.05, 4.69) is 5.10 Å². The third-order valence-corrected chi connectivity index (χ3v) is 3.13. The highest BCUT2D eigenvalue weighted by molar-refractivity contribution is 5.92. The Labute approximate surface area is 109 Å². The number of rotatable bonds is 3. The van der Waals surface area contributed by atoms with E-state index < -0.39 is 37.4 Å². The topological polar surface area (TPSA) is 58.4 Å². The molecule has 0 aliphatic carbocycles. The van der Waals surface area contributed by atoms with Gasteiger partial charge in [-0.1, -0.05) is 0 Å². The van der Waals surface area contributed by atoms with Crippen LogP contribution in [0.4, 0.5) is 8.78 Å². The van der Waals surface area contributed by atoms with E-state index in [0.29, 0.717) is 5.69 Å². The number of hydrogen-bond acceptors (Lipinski definition) is 3. The first-order valence-electron chi connectivity index (χ1n) is 5.88. The van der Waals surface area contributed by atoms with E-state index in [-0.39, 0.29) is 0 Å². The lowest BCUT2D eigenvalue weighted by molar-refractivity contribution is -0.128. The molecule has 1 N–H and O–H groups in total. The second-order valence-electron chi connectivity index (χ2n) is 4.58. The molecule has 0 saturated carbocycles. The van der Waals surface area contributed by atoms with Crippen LogP contribution in [0.3, 0.4) is 0 Å². The molecule has 0 aromatic carbocycles. The summed E-state index contributed by atoms with van der Waals surface area (Å²) in [7, 11) is 1.71. The minimum absolute atomic E-state index is 0.457. The van der Waals surface area contributed by atoms with Crippen molar-refractivity contribution >= 4 is 12.0 Å². The Balaban J connectivity index is 2.08. The second-order valence-corrected chi connectivity index (χ2v) is 4.58. The van der Waals surface area contributed by atoms with Crippen LogP contribution in [0, 0.1) is 0 Å². The van der Waals surface area contributed by atoms with Gasteiger partial charge in [-0.2, -0.15) is 5.10 Å². The van der Waals surface area contributed by atoms with Crippen LogP contribution in [-0.4, -0.2) is 50.8 Å². The Bertz CT molecular complexity index is 499. The molecule has 19 heavy (non-hydrogen) atoms. The number of amides is 1. The molecule has 5 nitrogen and oxygen atoms in total. The van der Waals surface area contributed by atoms with Gasteiger partial charge >= 0.3 is 0 Å². The van der Waals surface area contributed by atoms with Gasteiger partial charge < -0.3 is 10.0 Å². The minimum atomic E-state index is -2.93. The Kier molecular flexibility index (Phi) is 3.66. The van der Waals surface area contributed by atoms with E-state index in [1.165, 1.54) is 12.2 Å². The number of alkyl halides is 2. The number of nitrogens with zero attached hydrogens (tertiary/aromatic N) is 3. The molecule has 2 rings (SSSR count). The van der Waals surface area contributed by atoms with Crippen molar-refractivity contribution in [1.82, 2.24) is 14.7 Å². The molecule has 1 saturated heterocycles. The molecule has 1 fully saturated rings. The largest absolute Gasteiger partial charge is 0.394 e. The molecular weight excluding hydrogens is 256 g/mol. The van der Waals surface area contributed by atoms with Crippen molar-refractivity contribution in [2.75, 3.05) is 13.2 Å². The fourth-order valence-electron chi connectivity index (χ4n) is 2.12. The molecule has 0 spiro atoms. The van der Waals surface area contributed by atoms with Crippen molar-refractivity contribution in [1.29, 1.82) is 0 Å². The van der Waals surface area contributed by atoms with Crippen molar-refractivity contribution in [2.24, 2.45) is 7.05 Å². The monoisotopic (exact) mass is 271 g/mol. The summed E-state index contributed by atoms with van der Waals surface area (Å²) in [5, 5.41) is 13.0. The quantitative estimate of drug-likeness (QED) is 0.822. The molecule has 1 unspecified atom stereocenters. The minimum Gasteiger partial charge on any atom is -0.394 e. The fourth-order valence-corrected chi connectivity index (χ4v) is 2.12. The standard InChI is InChI=1S/C12H15F2N3O2/c1-16-9(4-5-15-16)2-3-11(19)17-8-12(13,14)6-10(17)7-18/h2-5,10,18H,6-8H2,1H3/b3-2+. The molecule has 0 radical (unpaired) electrons. The van der Waals surface area contributed by atoms with Gasteiger partial charge in [0.25, 0.3) is 5.92 Å². The number of likely N-dealkylation sites (tertiary alicyclic amines) is 1. The fraction of sp³-hybridized carbons (Fsp3) is 0.500. The van der Waals surface area contributed by atoms with Crippen molar-refractivity contribution in [3.63, 3.8) is 0 Å². The lowest BCUT2D eigenvalue weighted by Crippen LogP contribution is -2.37. The predicted octanol–water partition coefficient (Wildman–Crippen LogP) is 0.662. The van der Waals surface area contributed by atoms with Gasteiger partial charge in [0.1, 0.15) is 0 Å². The molecule has 104 valence electrons. The molecule has 0 bridgehead atoms. The van der Waals surface area contributed by atoms with Gasteiger partial charge in [-0.3, -0.25) is 9.48 Å². The second kappa shape index (κ2) is 5.08. The van der Waals surface area contributed by atoms with Gasteiger partial charge in [0.05, 0.1) is 24.9 Å². The predicted molar refractivity (Wildman–Crippen MR) is 64.4 cm³/mol. The van der Waals surface area contributed by atoms with Crippen LogP contribution < -0.4 is 0 Å². The summed E-state index contributed by atoms with van der Waals surface area (Å²) >= 11 is 0. The molecule has 1 aliphatic heterocycles. The van der Waals surface area contributed by atoms with Crippen LogP contribution in [0.2, 0.25) is 0 Å². The van der Waals surface area contributed by atoms with Crippen molar-refractivity contribution in [3.05, 3.63) is 24.0 Å². The summed E-state index contributed by atoms with van der Waals surface area (Å²) in [6, 6.07) is 0.880. The van der Waals surface area contributed by atoms with E-state index in [1.54, 1.807) is 24.0 Å². The number of aryl methyl sites for hydroxylation is 1. The number of aliphatic hydroxyl groups is 1. The molecular formula is C12H15F2N3O2. The van der Waals surface area contributed by atoms with Crippen LogP contribution in [-0.2, 0) is 11.8 Å². The number of aromatic nitrogens is 2. The molecule has 1 aromatic heterocycles. The van der Waals surface area contributed by atoms with Gasteiger partial charge in [-0.05, 0) is 12.1 Å². The summed E-state index contributed by atoms with van der Waals surface area (Å²) < 4.78 is 28.0. The molecule has 1 atom stereocenters. The first kappa shape index (κ1) is 13.7. The summed E-state index contributed by atoms with van der Waals surface area (Å²) in [5.74, 6) is -3.46. The normalized spacial score (nSPS) is 22.3. The van der Waals surface area contributed by atoms with E-state index in [1.807, 2.05) is 0 Å². The first-order valence-corrected chi connectivity index (χ1v) is 5.88. The van der Waals surface area contributed by atoms with Gasteiger partial charge in [0.15, 0.2) is 0 Å². The maximum atomic E-state index is 13.2. The first-order chi connectivity index (χ1) is 8.93. The SMILES string of the molecule is Cn1nccc1/C=C/C(=O)N1CC(F)(F)CC1CO. The smallest absolute Gasteiger partial charge is 0.267 e. The summed E-state index contributed by atoms with van der Waals surface area (Å²) in [6.07, 6.45) is 3.82. The van der Waals surface area contributed by atoms with Crippen molar-refractivity contribution < 1.29 is 18.7 Å². The lowest BCUT2D eigenvalue weighted by Gasteiger charge is -2.20. The average Bonchev–Trinajstić information content (AvgIpc) is 2.89. The zero-order valence-corrected chi connectivity index (χ0v) is 10.5. The number of carbonyl (C=O) groups is 1. The van der Waals surface area contributed by atoms with Gasteiger partial charge in [-0.15, -0.1) is 0 Å². The Hall–Kier alpha value is -1.76. The maximum absolute atomic E-state index is 13.2. The van der Waals surface area contributed by atoms with Crippen molar-refractivity contribution in [3.8, 4) is 0 Å². The highest BCUT2D eigenvalue weighted by Crippen LogP contribution is 2.31. The van der Waals surface area contributed by atoms with Crippen LogP contribution in [0.25, 0.3) is 6.08 Å². The lowest BCUT2D eigenvalue weighted by atomic mass is 10.2. The average molecular weight is 271 g/mol. The third kappa shape index (κ3) is 2.98. The Morgan fingerprint density at radius 1 is 1.68 bits per heavy atom. The van der Waals surface area contributed by atoms with Crippen molar-refractivity contribution in [2.45, 2.75) is 18.4 Å². The van der Waals surface area contributed by atoms with Crippen LogP contribution >= 0.6 is 0 Å². The summed E-state index contributed by atoms with van der Waals surface area (Å²) in [4.78, 5) is 12.9. The molecule has 1 amide bonds. The maximum Gasteiger partial charge on any atom is 0.267 e. The number of aliphatic hydroxyl groups excluding tert-OH is 1. The molecule has 2 heterocycles. The Morgan fingerprint density at radius 3 is 3.00 bits per heavy atom.